The summed E-state index contributed by atoms with van der Waals surface area (Å²) in [5.41, 5.74) is 1.90. The van der Waals surface area contributed by atoms with Gasteiger partial charge in [-0.2, -0.15) is 0 Å². The summed E-state index contributed by atoms with van der Waals surface area (Å²) >= 11 is 0. The SMILES string of the molecule is COc1cc(S(=O)(=O)c2ccccc2CO)cc2c3c(oc12)CCNC3.Cl. The molecule has 6 nitrogen and oxygen atoms in total. The van der Waals surface area contributed by atoms with E-state index in [1.165, 1.54) is 19.2 Å². The minimum absolute atomic E-state index is 0. The van der Waals surface area contributed by atoms with Crippen LogP contribution in [0.4, 0.5) is 0 Å². The molecule has 0 spiro atoms. The lowest BCUT2D eigenvalue weighted by Crippen LogP contribution is -2.22. The van der Waals surface area contributed by atoms with Crippen molar-refractivity contribution >= 4 is 33.2 Å². The number of methoxy groups -OCH3 is 1. The van der Waals surface area contributed by atoms with E-state index in [0.29, 0.717) is 23.4 Å². The Balaban J connectivity index is 0.00000210. The van der Waals surface area contributed by atoms with Gasteiger partial charge in [0.2, 0.25) is 9.84 Å². The van der Waals surface area contributed by atoms with E-state index in [4.69, 9.17) is 9.15 Å². The monoisotopic (exact) mass is 409 g/mol. The molecule has 0 saturated heterocycles. The van der Waals surface area contributed by atoms with Crippen LogP contribution in [0, 0.1) is 0 Å². The van der Waals surface area contributed by atoms with Crippen molar-refractivity contribution in [1.82, 2.24) is 5.32 Å². The molecular weight excluding hydrogens is 390 g/mol. The number of rotatable bonds is 4. The standard InChI is InChI=1S/C19H19NO5S.ClH/c1-24-17-9-13(26(22,23)18-5-3-2-4-12(18)11-21)8-14-15-10-20-7-6-16(15)25-19(14)17;/h2-5,8-9,20-21H,6-7,10-11H2,1H3;1H. The highest BCUT2D eigenvalue weighted by molar-refractivity contribution is 7.91. The molecule has 0 saturated carbocycles. The average molecular weight is 410 g/mol. The highest BCUT2D eigenvalue weighted by Crippen LogP contribution is 2.38. The van der Waals surface area contributed by atoms with Gasteiger partial charge in [0.05, 0.1) is 23.5 Å². The van der Waals surface area contributed by atoms with Gasteiger partial charge in [0.25, 0.3) is 0 Å². The third-order valence-corrected chi connectivity index (χ3v) is 6.54. The molecule has 4 rings (SSSR count). The van der Waals surface area contributed by atoms with Crippen LogP contribution in [0.2, 0.25) is 0 Å². The number of hydrogen-bond acceptors (Lipinski definition) is 6. The smallest absolute Gasteiger partial charge is 0.207 e. The van der Waals surface area contributed by atoms with Gasteiger partial charge in [-0.3, -0.25) is 0 Å². The molecule has 1 aliphatic heterocycles. The summed E-state index contributed by atoms with van der Waals surface area (Å²) in [5, 5.41) is 13.5. The average Bonchev–Trinajstić information content (AvgIpc) is 3.06. The summed E-state index contributed by atoms with van der Waals surface area (Å²) in [5.74, 6) is 1.25. The van der Waals surface area contributed by atoms with Crippen LogP contribution in [-0.4, -0.2) is 27.2 Å². The van der Waals surface area contributed by atoms with E-state index in [0.717, 1.165) is 29.7 Å². The van der Waals surface area contributed by atoms with Gasteiger partial charge in [-0.15, -0.1) is 12.4 Å². The van der Waals surface area contributed by atoms with Crippen LogP contribution in [0.3, 0.4) is 0 Å². The van der Waals surface area contributed by atoms with Gasteiger partial charge in [0.1, 0.15) is 5.76 Å². The molecule has 144 valence electrons. The second-order valence-corrected chi connectivity index (χ2v) is 8.12. The van der Waals surface area contributed by atoms with E-state index in [1.54, 1.807) is 24.3 Å². The summed E-state index contributed by atoms with van der Waals surface area (Å²) in [6.45, 7) is 1.10. The van der Waals surface area contributed by atoms with E-state index >= 15 is 0 Å². The molecule has 1 aromatic heterocycles. The summed E-state index contributed by atoms with van der Waals surface area (Å²) in [7, 11) is -2.32. The number of ether oxygens (including phenoxy) is 1. The van der Waals surface area contributed by atoms with Crippen molar-refractivity contribution in [1.29, 1.82) is 0 Å². The third kappa shape index (κ3) is 3.21. The Morgan fingerprint density at radius 1 is 1.26 bits per heavy atom. The zero-order valence-electron chi connectivity index (χ0n) is 14.7. The Morgan fingerprint density at radius 2 is 2.04 bits per heavy atom. The molecule has 3 aromatic rings. The maximum atomic E-state index is 13.2. The number of hydrogen-bond donors (Lipinski definition) is 2. The van der Waals surface area contributed by atoms with Crippen LogP contribution in [0.15, 0.2) is 50.6 Å². The Hall–Kier alpha value is -2.06. The number of nitrogens with one attached hydrogen (secondary N) is 1. The van der Waals surface area contributed by atoms with Gasteiger partial charge >= 0.3 is 0 Å². The van der Waals surface area contributed by atoms with Gasteiger partial charge in [0, 0.05) is 36.5 Å². The largest absolute Gasteiger partial charge is 0.493 e. The third-order valence-electron chi connectivity index (χ3n) is 4.71. The quantitative estimate of drug-likeness (QED) is 0.688. The predicted octanol–water partition coefficient (Wildman–Crippen LogP) is 2.83. The van der Waals surface area contributed by atoms with Crippen LogP contribution < -0.4 is 10.1 Å². The zero-order valence-corrected chi connectivity index (χ0v) is 16.3. The van der Waals surface area contributed by atoms with Gasteiger partial charge in [0.15, 0.2) is 11.3 Å². The van der Waals surface area contributed by atoms with E-state index < -0.39 is 9.84 Å². The van der Waals surface area contributed by atoms with Crippen LogP contribution in [-0.2, 0) is 29.4 Å². The predicted molar refractivity (Wildman–Crippen MR) is 103 cm³/mol. The molecule has 0 amide bonds. The minimum atomic E-state index is -3.81. The van der Waals surface area contributed by atoms with Crippen LogP contribution in [0.25, 0.3) is 11.0 Å². The van der Waals surface area contributed by atoms with Gasteiger partial charge < -0.3 is 19.6 Å². The number of benzene rings is 2. The molecule has 2 heterocycles. The second kappa shape index (κ2) is 7.52. The van der Waals surface area contributed by atoms with Gasteiger partial charge in [-0.05, 0) is 17.7 Å². The number of aliphatic hydroxyl groups excluding tert-OH is 1. The zero-order chi connectivity index (χ0) is 18.3. The molecule has 0 atom stereocenters. The Morgan fingerprint density at radius 3 is 2.78 bits per heavy atom. The summed E-state index contributed by atoms with van der Waals surface area (Å²) in [6, 6.07) is 9.57. The number of aliphatic hydroxyl groups is 1. The first-order chi connectivity index (χ1) is 12.6. The Kier molecular flexibility index (Phi) is 5.48. The molecule has 0 fully saturated rings. The summed E-state index contributed by atoms with van der Waals surface area (Å²) in [6.07, 6.45) is 0.753. The van der Waals surface area contributed by atoms with Gasteiger partial charge in [-0.1, -0.05) is 18.2 Å². The van der Waals surface area contributed by atoms with Crippen molar-refractivity contribution in [3.63, 3.8) is 0 Å². The number of sulfone groups is 1. The molecular formula is C19H20ClNO5S. The number of furan rings is 1. The van der Waals surface area contributed by atoms with E-state index in [9.17, 15) is 13.5 Å². The van der Waals surface area contributed by atoms with Crippen molar-refractivity contribution in [3.8, 4) is 5.75 Å². The number of fused-ring (bicyclic) bond motifs is 3. The van der Waals surface area contributed by atoms with Crippen molar-refractivity contribution in [3.05, 3.63) is 53.3 Å². The van der Waals surface area contributed by atoms with Crippen LogP contribution in [0.1, 0.15) is 16.9 Å². The van der Waals surface area contributed by atoms with E-state index in [-0.39, 0.29) is 28.8 Å². The van der Waals surface area contributed by atoms with Crippen LogP contribution in [0.5, 0.6) is 5.75 Å². The lowest BCUT2D eigenvalue weighted by atomic mass is 10.1. The lowest BCUT2D eigenvalue weighted by Gasteiger charge is -2.12. The molecule has 2 aromatic carbocycles. The summed E-state index contributed by atoms with van der Waals surface area (Å²) in [4.78, 5) is 0.219. The minimum Gasteiger partial charge on any atom is -0.493 e. The second-order valence-electron chi connectivity index (χ2n) is 6.20. The first kappa shape index (κ1) is 19.7. The highest BCUT2D eigenvalue weighted by atomic mass is 35.5. The van der Waals surface area contributed by atoms with Gasteiger partial charge in [-0.25, -0.2) is 8.42 Å². The topological polar surface area (TPSA) is 88.8 Å². The molecule has 0 aliphatic carbocycles. The van der Waals surface area contributed by atoms with Crippen molar-refractivity contribution in [2.24, 2.45) is 0 Å². The molecule has 1 aliphatic rings. The Bertz CT molecular complexity index is 1090. The van der Waals surface area contributed by atoms with Crippen LogP contribution >= 0.6 is 12.4 Å². The fourth-order valence-electron chi connectivity index (χ4n) is 3.38. The fourth-order valence-corrected chi connectivity index (χ4v) is 4.91. The first-order valence-electron chi connectivity index (χ1n) is 8.33. The Labute approximate surface area is 163 Å². The summed E-state index contributed by atoms with van der Waals surface area (Å²) < 4.78 is 37.7. The molecule has 0 radical (unpaired) electrons. The highest BCUT2D eigenvalue weighted by Gasteiger charge is 2.26. The molecule has 27 heavy (non-hydrogen) atoms. The van der Waals surface area contributed by atoms with Crippen molar-refractivity contribution in [2.45, 2.75) is 29.4 Å². The maximum Gasteiger partial charge on any atom is 0.207 e. The van der Waals surface area contributed by atoms with E-state index in [1.807, 2.05) is 0 Å². The van der Waals surface area contributed by atoms with E-state index in [2.05, 4.69) is 5.32 Å². The van der Waals surface area contributed by atoms with Crippen molar-refractivity contribution in [2.75, 3.05) is 13.7 Å². The maximum absolute atomic E-state index is 13.2. The fraction of sp³-hybridized carbons (Fsp3) is 0.263. The molecule has 2 N–H and O–H groups in total. The molecule has 8 heteroatoms. The first-order valence-corrected chi connectivity index (χ1v) is 9.81. The molecule has 0 unspecified atom stereocenters. The number of halogens is 1. The normalized spacial score (nSPS) is 13.9. The van der Waals surface area contributed by atoms with Crippen molar-refractivity contribution < 1.29 is 22.7 Å². The lowest BCUT2D eigenvalue weighted by molar-refractivity contribution is 0.278. The molecule has 0 bridgehead atoms.